The van der Waals surface area contributed by atoms with E-state index in [1.54, 1.807) is 6.08 Å². The van der Waals surface area contributed by atoms with Gasteiger partial charge in [0, 0.05) is 16.8 Å². The molecule has 0 saturated carbocycles. The molecule has 0 spiro atoms. The van der Waals surface area contributed by atoms with Gasteiger partial charge in [0.2, 0.25) is 0 Å². The molecule has 4 aromatic rings. The Hall–Kier alpha value is -4.88. The van der Waals surface area contributed by atoms with Crippen molar-refractivity contribution in [2.24, 2.45) is 0 Å². The van der Waals surface area contributed by atoms with Crippen molar-refractivity contribution >= 4 is 17.0 Å². The predicted octanol–water partition coefficient (Wildman–Crippen LogP) is 12.4. The SMILES string of the molecule is C=C/C=C\C=C(\C)C(=C)C(/C=C\C)=C(/C=C)CC[C@@H](C)c1ccc(-c2ccc(-n3c4c(c5ccccc53)CCC=C4)cc2)cc1. The second-order valence-corrected chi connectivity index (χ2v) is 11.9. The van der Waals surface area contributed by atoms with Crippen LogP contribution in [0.15, 0.2) is 163 Å². The normalized spacial score (nSPS) is 14.5. The minimum atomic E-state index is 0.421. The fourth-order valence-corrected chi connectivity index (χ4v) is 6.32. The molecular weight excluding hydrogens is 542 g/mol. The van der Waals surface area contributed by atoms with E-state index < -0.39 is 0 Å². The van der Waals surface area contributed by atoms with Gasteiger partial charge in [-0.2, -0.15) is 0 Å². The van der Waals surface area contributed by atoms with Crippen LogP contribution in [-0.4, -0.2) is 4.57 Å². The van der Waals surface area contributed by atoms with Crippen LogP contribution in [0.5, 0.6) is 0 Å². The zero-order valence-corrected chi connectivity index (χ0v) is 27.1. The Bertz CT molecular complexity index is 1840. The van der Waals surface area contributed by atoms with Crippen molar-refractivity contribution in [2.75, 3.05) is 0 Å². The second kappa shape index (κ2) is 14.7. The first-order chi connectivity index (χ1) is 22.0. The average molecular weight is 588 g/mol. The quantitative estimate of drug-likeness (QED) is 0.145. The molecule has 0 unspecified atom stereocenters. The lowest BCUT2D eigenvalue weighted by Gasteiger charge is -2.17. The fraction of sp³-hybridized carbons (Fsp3) is 0.182. The summed E-state index contributed by atoms with van der Waals surface area (Å²) in [7, 11) is 0. The van der Waals surface area contributed by atoms with Gasteiger partial charge in [0.05, 0.1) is 5.52 Å². The maximum atomic E-state index is 4.41. The summed E-state index contributed by atoms with van der Waals surface area (Å²) in [6.45, 7) is 18.8. The smallest absolute Gasteiger partial charge is 0.0537 e. The Kier molecular flexibility index (Phi) is 10.3. The highest BCUT2D eigenvalue weighted by Crippen LogP contribution is 2.35. The lowest BCUT2D eigenvalue weighted by molar-refractivity contribution is 0.680. The molecule has 0 aliphatic heterocycles. The van der Waals surface area contributed by atoms with Gasteiger partial charge in [-0.25, -0.2) is 0 Å². The topological polar surface area (TPSA) is 4.93 Å². The van der Waals surface area contributed by atoms with Gasteiger partial charge in [0.15, 0.2) is 0 Å². The monoisotopic (exact) mass is 587 g/mol. The van der Waals surface area contributed by atoms with Gasteiger partial charge >= 0.3 is 0 Å². The van der Waals surface area contributed by atoms with Crippen molar-refractivity contribution in [3.8, 4) is 16.8 Å². The summed E-state index contributed by atoms with van der Waals surface area (Å²) in [5.74, 6) is 0.421. The molecule has 1 heterocycles. The molecule has 1 atom stereocenters. The van der Waals surface area contributed by atoms with E-state index in [0.717, 1.165) is 42.4 Å². The van der Waals surface area contributed by atoms with E-state index in [2.05, 4.69) is 148 Å². The molecule has 0 bridgehead atoms. The number of fused-ring (bicyclic) bond motifs is 3. The molecule has 1 aromatic heterocycles. The highest BCUT2D eigenvalue weighted by Gasteiger charge is 2.18. The molecule has 0 radical (unpaired) electrons. The van der Waals surface area contributed by atoms with Crippen molar-refractivity contribution in [3.63, 3.8) is 0 Å². The molecule has 1 aliphatic carbocycles. The number of para-hydroxylation sites is 1. The summed E-state index contributed by atoms with van der Waals surface area (Å²) in [6, 6.07) is 26.9. The minimum Gasteiger partial charge on any atom is -0.310 e. The standard InChI is InChI=1S/C44H45N/c1-7-10-11-17-32(4)34(6)40(16-8-2)35(9-3)23-22-33(5)36-24-26-37(27-25-36)38-28-30-39(31-29-38)45-43-20-14-12-18-41(43)42-19-13-15-21-44(42)45/h7-12,14-18,20-21,24-31,33H,1,3,6,13,19,22-23H2,2,4-5H3/b11-10-,16-8-,32-17-,40-35-/t33-/m1/s1. The molecule has 45 heavy (non-hydrogen) atoms. The number of allylic oxidation sites excluding steroid dienone is 12. The number of rotatable bonds is 12. The lowest BCUT2D eigenvalue weighted by Crippen LogP contribution is -2.00. The van der Waals surface area contributed by atoms with Crippen molar-refractivity contribution in [1.82, 2.24) is 4.57 Å². The van der Waals surface area contributed by atoms with Crippen LogP contribution in [0.25, 0.3) is 33.8 Å². The van der Waals surface area contributed by atoms with E-state index in [0.29, 0.717) is 5.92 Å². The molecule has 0 saturated heterocycles. The molecule has 1 nitrogen and oxygen atoms in total. The Labute approximate surface area is 270 Å². The van der Waals surface area contributed by atoms with E-state index in [9.17, 15) is 0 Å². The van der Waals surface area contributed by atoms with Crippen LogP contribution in [0.4, 0.5) is 0 Å². The first-order valence-corrected chi connectivity index (χ1v) is 16.1. The van der Waals surface area contributed by atoms with Crippen molar-refractivity contribution < 1.29 is 0 Å². The Morgan fingerprint density at radius 1 is 0.933 bits per heavy atom. The maximum absolute atomic E-state index is 4.41. The van der Waals surface area contributed by atoms with Crippen LogP contribution in [0.1, 0.15) is 62.8 Å². The zero-order valence-electron chi connectivity index (χ0n) is 27.1. The Morgan fingerprint density at radius 3 is 2.33 bits per heavy atom. The van der Waals surface area contributed by atoms with Crippen LogP contribution < -0.4 is 0 Å². The molecule has 0 fully saturated rings. The highest BCUT2D eigenvalue weighted by molar-refractivity contribution is 5.90. The molecule has 0 N–H and O–H groups in total. The van der Waals surface area contributed by atoms with Gasteiger partial charge in [0.25, 0.3) is 0 Å². The summed E-state index contributed by atoms with van der Waals surface area (Å²) < 4.78 is 2.41. The number of aryl methyl sites for hydroxylation is 1. The molecular formula is C44H45N. The van der Waals surface area contributed by atoms with Crippen molar-refractivity contribution in [3.05, 3.63) is 180 Å². The average Bonchev–Trinajstić information content (AvgIpc) is 3.42. The van der Waals surface area contributed by atoms with Crippen molar-refractivity contribution in [2.45, 2.75) is 52.4 Å². The Morgan fingerprint density at radius 2 is 1.64 bits per heavy atom. The van der Waals surface area contributed by atoms with Crippen LogP contribution in [0.3, 0.4) is 0 Å². The van der Waals surface area contributed by atoms with Crippen LogP contribution in [0, 0.1) is 0 Å². The first kappa shape index (κ1) is 31.5. The van der Waals surface area contributed by atoms with Gasteiger partial charge in [0.1, 0.15) is 0 Å². The van der Waals surface area contributed by atoms with Crippen molar-refractivity contribution in [1.29, 1.82) is 0 Å². The van der Waals surface area contributed by atoms with E-state index >= 15 is 0 Å². The summed E-state index contributed by atoms with van der Waals surface area (Å²) in [4.78, 5) is 0. The van der Waals surface area contributed by atoms with E-state index in [1.807, 2.05) is 18.2 Å². The molecule has 3 aromatic carbocycles. The fourth-order valence-electron chi connectivity index (χ4n) is 6.32. The largest absolute Gasteiger partial charge is 0.310 e. The molecule has 1 heteroatoms. The minimum absolute atomic E-state index is 0.421. The van der Waals surface area contributed by atoms with Gasteiger partial charge in [-0.05, 0) is 114 Å². The highest BCUT2D eigenvalue weighted by atomic mass is 15.0. The number of nitrogens with zero attached hydrogens (tertiary/aromatic N) is 1. The van der Waals surface area contributed by atoms with Gasteiger partial charge in [-0.1, -0.05) is 130 Å². The van der Waals surface area contributed by atoms with Gasteiger partial charge < -0.3 is 4.57 Å². The zero-order chi connectivity index (χ0) is 31.8. The van der Waals surface area contributed by atoms with Crippen LogP contribution in [0.2, 0.25) is 0 Å². The third-order valence-corrected chi connectivity index (χ3v) is 8.96. The van der Waals surface area contributed by atoms with Gasteiger partial charge in [-0.3, -0.25) is 0 Å². The molecule has 1 aliphatic rings. The summed E-state index contributed by atoms with van der Waals surface area (Å²) in [6.07, 6.45) is 22.8. The van der Waals surface area contributed by atoms with Crippen LogP contribution in [-0.2, 0) is 6.42 Å². The maximum Gasteiger partial charge on any atom is 0.0537 e. The van der Waals surface area contributed by atoms with Crippen LogP contribution >= 0.6 is 0 Å². The number of hydrogen-bond donors (Lipinski definition) is 0. The molecule has 0 amide bonds. The van der Waals surface area contributed by atoms with E-state index in [-0.39, 0.29) is 0 Å². The number of benzene rings is 3. The van der Waals surface area contributed by atoms with E-state index in [4.69, 9.17) is 0 Å². The van der Waals surface area contributed by atoms with Gasteiger partial charge in [-0.15, -0.1) is 0 Å². The number of aromatic nitrogens is 1. The summed E-state index contributed by atoms with van der Waals surface area (Å²) >= 11 is 0. The molecule has 5 rings (SSSR count). The number of hydrogen-bond acceptors (Lipinski definition) is 0. The lowest BCUT2D eigenvalue weighted by atomic mass is 9.88. The third kappa shape index (κ3) is 6.94. The first-order valence-electron chi connectivity index (χ1n) is 16.1. The summed E-state index contributed by atoms with van der Waals surface area (Å²) in [5, 5.41) is 1.37. The Balaban J connectivity index is 1.31. The predicted molar refractivity (Wildman–Crippen MR) is 198 cm³/mol. The second-order valence-electron chi connectivity index (χ2n) is 11.9. The van der Waals surface area contributed by atoms with E-state index in [1.165, 1.54) is 50.1 Å². The summed E-state index contributed by atoms with van der Waals surface area (Å²) in [5.41, 5.74) is 13.6. The molecule has 226 valence electrons. The third-order valence-electron chi connectivity index (χ3n) is 8.96.